The van der Waals surface area contributed by atoms with E-state index in [9.17, 15) is 9.59 Å². The Morgan fingerprint density at radius 1 is 1.17 bits per heavy atom. The highest BCUT2D eigenvalue weighted by molar-refractivity contribution is 7.97. The number of amides is 1. The van der Waals surface area contributed by atoms with Gasteiger partial charge in [-0.3, -0.25) is 0 Å². The van der Waals surface area contributed by atoms with Crippen LogP contribution in [0.4, 0.5) is 4.79 Å². The first-order chi connectivity index (χ1) is 11.3. The highest BCUT2D eigenvalue weighted by Gasteiger charge is 2.32. The summed E-state index contributed by atoms with van der Waals surface area (Å²) < 4.78 is 12.0. The van der Waals surface area contributed by atoms with Gasteiger partial charge >= 0.3 is 12.1 Å². The zero-order chi connectivity index (χ0) is 18.6. The number of hydrogen-bond donors (Lipinski definition) is 0. The second-order valence-electron chi connectivity index (χ2n) is 6.42. The fourth-order valence-corrected chi connectivity index (χ4v) is 2.90. The summed E-state index contributed by atoms with van der Waals surface area (Å²) >= 11 is 1.33. The summed E-state index contributed by atoms with van der Waals surface area (Å²) in [5.74, 6) is 0.315. The van der Waals surface area contributed by atoms with Crippen LogP contribution in [0, 0.1) is 0 Å². The Bertz CT molecular complexity index is 404. The molecule has 0 N–H and O–H groups in total. The molecule has 0 aliphatic carbocycles. The maximum Gasteiger partial charge on any atom is 0.421 e. The van der Waals surface area contributed by atoms with Gasteiger partial charge in [-0.25, -0.2) is 13.9 Å². The smallest absolute Gasteiger partial charge is 0.421 e. The van der Waals surface area contributed by atoms with Gasteiger partial charge in [-0.15, -0.1) is 0 Å². The third-order valence-corrected chi connectivity index (χ3v) is 4.08. The molecule has 0 radical (unpaired) electrons. The van der Waals surface area contributed by atoms with Crippen LogP contribution >= 0.6 is 11.9 Å². The minimum atomic E-state index is -0.777. The Hall–Kier alpha value is -1.17. The molecule has 0 saturated carbocycles. The van der Waals surface area contributed by atoms with Crippen LogP contribution in [0.5, 0.6) is 0 Å². The minimum Gasteiger partial charge on any atom is -0.464 e. The number of rotatable bonds is 10. The molecule has 6 heteroatoms. The molecule has 0 aliphatic rings. The zero-order valence-electron chi connectivity index (χ0n) is 16.0. The van der Waals surface area contributed by atoms with E-state index in [0.29, 0.717) is 0 Å². The minimum absolute atomic E-state index is 0.274. The van der Waals surface area contributed by atoms with Gasteiger partial charge in [-0.2, -0.15) is 0 Å². The lowest BCUT2D eigenvalue weighted by molar-refractivity contribution is -0.145. The van der Waals surface area contributed by atoms with Crippen LogP contribution in [0.25, 0.3) is 0 Å². The average Bonchev–Trinajstić information content (AvgIpc) is 2.47. The summed E-state index contributed by atoms with van der Waals surface area (Å²) in [6.07, 6.45) is 7.33. The van der Waals surface area contributed by atoms with Crippen molar-refractivity contribution in [2.45, 2.75) is 78.9 Å². The fourth-order valence-electron chi connectivity index (χ4n) is 1.91. The zero-order valence-corrected chi connectivity index (χ0v) is 16.8. The maximum atomic E-state index is 12.5. The number of carbonyl (C=O) groups is 2. The van der Waals surface area contributed by atoms with Crippen molar-refractivity contribution in [2.24, 2.45) is 0 Å². The molecule has 0 fully saturated rings. The van der Waals surface area contributed by atoms with Crippen LogP contribution < -0.4 is 0 Å². The number of esters is 1. The first-order valence-electron chi connectivity index (χ1n) is 8.71. The summed E-state index contributed by atoms with van der Waals surface area (Å²) in [5.41, 5.74) is -0.618. The van der Waals surface area contributed by atoms with Crippen LogP contribution in [0.2, 0.25) is 0 Å². The Labute approximate surface area is 151 Å². The molecule has 24 heavy (non-hydrogen) atoms. The van der Waals surface area contributed by atoms with Gasteiger partial charge in [0.2, 0.25) is 0 Å². The van der Waals surface area contributed by atoms with Gasteiger partial charge in [0.15, 0.2) is 6.04 Å². The third-order valence-electron chi connectivity index (χ3n) is 2.96. The predicted molar refractivity (Wildman–Crippen MR) is 99.9 cm³/mol. The molecule has 1 atom stereocenters. The van der Waals surface area contributed by atoms with Gasteiger partial charge in [-0.1, -0.05) is 38.3 Å². The molecule has 5 nitrogen and oxygen atoms in total. The van der Waals surface area contributed by atoms with E-state index >= 15 is 0 Å². The largest absolute Gasteiger partial charge is 0.464 e. The standard InChI is InChI=1S/C18H33NO4S/c1-7-10-11-12-14-24-19(17(21)23-18(4,5)6)15(13-8-2)16(20)22-9-3/h8,13,15H,7,9-12,14H2,1-6H3/b13-8+/t15-/m0/s1. The molecule has 0 unspecified atom stereocenters. The van der Waals surface area contributed by atoms with Crippen molar-refractivity contribution in [3.8, 4) is 0 Å². The molecule has 0 spiro atoms. The van der Waals surface area contributed by atoms with Crippen LogP contribution in [0.1, 0.15) is 67.2 Å². The van der Waals surface area contributed by atoms with Crippen molar-refractivity contribution in [3.05, 3.63) is 12.2 Å². The van der Waals surface area contributed by atoms with E-state index in [1.54, 1.807) is 19.1 Å². The molecule has 0 rings (SSSR count). The van der Waals surface area contributed by atoms with E-state index in [1.807, 2.05) is 27.7 Å². The lowest BCUT2D eigenvalue weighted by Gasteiger charge is -2.30. The Kier molecular flexibility index (Phi) is 11.6. The summed E-state index contributed by atoms with van der Waals surface area (Å²) in [6, 6.07) is -0.777. The number of ether oxygens (including phenoxy) is 2. The molecule has 0 heterocycles. The van der Waals surface area contributed by atoms with Crippen molar-refractivity contribution in [1.29, 1.82) is 0 Å². The first kappa shape index (κ1) is 22.8. The Balaban J connectivity index is 5.09. The van der Waals surface area contributed by atoms with E-state index in [-0.39, 0.29) is 6.61 Å². The quantitative estimate of drug-likeness (QED) is 0.239. The molecule has 0 aliphatic heterocycles. The average molecular weight is 360 g/mol. The van der Waals surface area contributed by atoms with E-state index in [4.69, 9.17) is 9.47 Å². The molecule has 0 aromatic rings. The number of carbonyl (C=O) groups excluding carboxylic acids is 2. The number of unbranched alkanes of at least 4 members (excludes halogenated alkanes) is 3. The van der Waals surface area contributed by atoms with Crippen LogP contribution in [0.15, 0.2) is 12.2 Å². The van der Waals surface area contributed by atoms with Crippen molar-refractivity contribution in [1.82, 2.24) is 4.31 Å². The fraction of sp³-hybridized carbons (Fsp3) is 0.778. The second kappa shape index (κ2) is 12.2. The number of nitrogens with zero attached hydrogens (tertiary/aromatic N) is 1. The topological polar surface area (TPSA) is 55.8 Å². The highest BCUT2D eigenvalue weighted by Crippen LogP contribution is 2.23. The van der Waals surface area contributed by atoms with Crippen molar-refractivity contribution < 1.29 is 19.1 Å². The molecule has 1 amide bonds. The summed E-state index contributed by atoms with van der Waals surface area (Å²) in [7, 11) is 0. The third kappa shape index (κ3) is 9.85. The van der Waals surface area contributed by atoms with Crippen molar-refractivity contribution in [3.63, 3.8) is 0 Å². The van der Waals surface area contributed by atoms with Crippen LogP contribution in [-0.4, -0.2) is 40.4 Å². The first-order valence-corrected chi connectivity index (χ1v) is 9.65. The molecular formula is C18H33NO4S. The van der Waals surface area contributed by atoms with Gasteiger partial charge < -0.3 is 9.47 Å². The lowest BCUT2D eigenvalue weighted by atomic mass is 10.2. The van der Waals surface area contributed by atoms with Crippen molar-refractivity contribution in [2.75, 3.05) is 12.4 Å². The van der Waals surface area contributed by atoms with Crippen LogP contribution in [0.3, 0.4) is 0 Å². The van der Waals surface area contributed by atoms with Gasteiger partial charge in [-0.05, 0) is 53.0 Å². The monoisotopic (exact) mass is 359 g/mol. The molecular weight excluding hydrogens is 326 g/mol. The van der Waals surface area contributed by atoms with E-state index in [0.717, 1.165) is 25.0 Å². The Morgan fingerprint density at radius 2 is 1.83 bits per heavy atom. The summed E-state index contributed by atoms with van der Waals surface area (Å²) in [4.78, 5) is 24.8. The molecule has 140 valence electrons. The maximum absolute atomic E-state index is 12.5. The number of hydrogen-bond acceptors (Lipinski definition) is 5. The highest BCUT2D eigenvalue weighted by atomic mass is 32.2. The SMILES string of the molecule is C/C=C/[C@@H](C(=O)OCC)N(SCCCCCC)C(=O)OC(C)(C)C. The molecule has 0 bridgehead atoms. The lowest BCUT2D eigenvalue weighted by Crippen LogP contribution is -2.43. The van der Waals surface area contributed by atoms with Crippen molar-refractivity contribution >= 4 is 24.0 Å². The second-order valence-corrected chi connectivity index (χ2v) is 7.48. The molecule has 0 aromatic carbocycles. The van der Waals surface area contributed by atoms with Gasteiger partial charge in [0.1, 0.15) is 5.60 Å². The van der Waals surface area contributed by atoms with Gasteiger partial charge in [0.25, 0.3) is 0 Å². The number of allylic oxidation sites excluding steroid dienone is 1. The Morgan fingerprint density at radius 3 is 2.33 bits per heavy atom. The van der Waals surface area contributed by atoms with Gasteiger partial charge in [0, 0.05) is 5.75 Å². The predicted octanol–water partition coefficient (Wildman–Crippen LogP) is 4.96. The van der Waals surface area contributed by atoms with E-state index in [2.05, 4.69) is 6.92 Å². The normalized spacial score (nSPS) is 12.9. The molecule has 0 aromatic heterocycles. The molecule has 0 saturated heterocycles. The summed E-state index contributed by atoms with van der Waals surface area (Å²) in [5, 5.41) is 0. The van der Waals surface area contributed by atoms with Gasteiger partial charge in [0.05, 0.1) is 6.61 Å². The van der Waals surface area contributed by atoms with E-state index in [1.165, 1.54) is 22.7 Å². The van der Waals surface area contributed by atoms with E-state index < -0.39 is 23.7 Å². The summed E-state index contributed by atoms with van der Waals surface area (Å²) in [6.45, 7) is 11.4. The van der Waals surface area contributed by atoms with Crippen LogP contribution in [-0.2, 0) is 14.3 Å².